The highest BCUT2D eigenvalue weighted by molar-refractivity contribution is 9.10. The molecular weight excluding hydrogens is 508 g/mol. The van der Waals surface area contributed by atoms with Crippen molar-refractivity contribution < 1.29 is 13.2 Å². The van der Waals surface area contributed by atoms with Crippen molar-refractivity contribution in [2.45, 2.75) is 27.5 Å². The summed E-state index contributed by atoms with van der Waals surface area (Å²) in [6.07, 6.45) is 0.991. The molecule has 0 aliphatic carbocycles. The van der Waals surface area contributed by atoms with E-state index in [0.29, 0.717) is 25.9 Å². The Morgan fingerprint density at radius 2 is 1.53 bits per heavy atom. The monoisotopic (exact) mass is 530 g/mol. The Hall–Kier alpha value is -2.13. The number of piperidine rings is 1. The van der Waals surface area contributed by atoms with Crippen LogP contribution in [0.5, 0.6) is 0 Å². The minimum absolute atomic E-state index is 0.0631. The average molecular weight is 531 g/mol. The van der Waals surface area contributed by atoms with Crippen molar-refractivity contribution in [1.82, 2.24) is 4.31 Å². The fraction of sp³-hybridized carbons (Fsp3) is 0.208. The fourth-order valence-electron chi connectivity index (χ4n) is 3.62. The molecule has 0 bridgehead atoms. The van der Waals surface area contributed by atoms with Crippen molar-refractivity contribution in [2.75, 3.05) is 18.4 Å². The molecule has 3 aromatic rings. The summed E-state index contributed by atoms with van der Waals surface area (Å²) in [4.78, 5) is 15.3. The molecule has 1 saturated heterocycles. The average Bonchev–Trinajstić information content (AvgIpc) is 2.81. The van der Waals surface area contributed by atoms with Crippen LogP contribution in [-0.4, -0.2) is 31.7 Å². The molecule has 4 rings (SSSR count). The first-order valence-electron chi connectivity index (χ1n) is 10.3. The number of benzene rings is 3. The Morgan fingerprint density at radius 1 is 0.906 bits per heavy atom. The van der Waals surface area contributed by atoms with Gasteiger partial charge in [-0.05, 0) is 61.4 Å². The molecule has 3 aromatic carbocycles. The molecule has 5 nitrogen and oxygen atoms in total. The molecule has 0 aromatic heterocycles. The van der Waals surface area contributed by atoms with Gasteiger partial charge in [0.25, 0.3) is 0 Å². The van der Waals surface area contributed by atoms with Crippen molar-refractivity contribution >= 4 is 49.3 Å². The van der Waals surface area contributed by atoms with Gasteiger partial charge in [-0.2, -0.15) is 4.31 Å². The molecule has 166 valence electrons. The zero-order valence-corrected chi connectivity index (χ0v) is 20.5. The maximum absolute atomic E-state index is 12.9. The van der Waals surface area contributed by atoms with Crippen LogP contribution in [0.15, 0.2) is 98.0 Å². The fourth-order valence-corrected chi connectivity index (χ4v) is 6.28. The number of amides is 1. The lowest BCUT2D eigenvalue weighted by Gasteiger charge is -2.30. The highest BCUT2D eigenvalue weighted by Crippen LogP contribution is 2.34. The Balaban J connectivity index is 1.39. The zero-order valence-electron chi connectivity index (χ0n) is 17.3. The van der Waals surface area contributed by atoms with Gasteiger partial charge in [0.15, 0.2) is 0 Å². The lowest BCUT2D eigenvalue weighted by molar-refractivity contribution is -0.120. The van der Waals surface area contributed by atoms with E-state index in [2.05, 4.69) is 21.2 Å². The summed E-state index contributed by atoms with van der Waals surface area (Å²) >= 11 is 4.93. The smallest absolute Gasteiger partial charge is 0.243 e. The number of rotatable bonds is 6. The van der Waals surface area contributed by atoms with E-state index in [4.69, 9.17) is 0 Å². The van der Waals surface area contributed by atoms with E-state index in [1.165, 1.54) is 4.31 Å². The number of halogens is 1. The molecule has 32 heavy (non-hydrogen) atoms. The zero-order chi connectivity index (χ0) is 22.6. The van der Waals surface area contributed by atoms with E-state index in [1.54, 1.807) is 36.0 Å². The molecule has 1 aliphatic heterocycles. The first-order valence-corrected chi connectivity index (χ1v) is 13.4. The normalized spacial score (nSPS) is 15.4. The minimum Gasteiger partial charge on any atom is -0.325 e. The number of carbonyl (C=O) groups is 1. The highest BCUT2D eigenvalue weighted by Gasteiger charge is 2.32. The number of hydrogen-bond acceptors (Lipinski definition) is 4. The third kappa shape index (κ3) is 5.43. The first-order chi connectivity index (χ1) is 15.4. The van der Waals surface area contributed by atoms with Gasteiger partial charge < -0.3 is 5.32 Å². The van der Waals surface area contributed by atoms with Crippen LogP contribution in [0.2, 0.25) is 0 Å². The molecule has 0 atom stereocenters. The second-order valence-corrected chi connectivity index (χ2v) is 11.5. The lowest BCUT2D eigenvalue weighted by Crippen LogP contribution is -2.41. The number of anilines is 1. The van der Waals surface area contributed by atoms with Gasteiger partial charge in [0, 0.05) is 33.3 Å². The number of nitrogens with zero attached hydrogens (tertiary/aromatic N) is 1. The van der Waals surface area contributed by atoms with Crippen LogP contribution in [0.3, 0.4) is 0 Å². The van der Waals surface area contributed by atoms with Gasteiger partial charge in [-0.15, -0.1) is 0 Å². The second-order valence-electron chi connectivity index (χ2n) is 7.53. The summed E-state index contributed by atoms with van der Waals surface area (Å²) in [5, 5.41) is 3.06. The summed E-state index contributed by atoms with van der Waals surface area (Å²) in [5.74, 6) is -0.284. The van der Waals surface area contributed by atoms with E-state index in [0.717, 1.165) is 20.0 Å². The van der Waals surface area contributed by atoms with Gasteiger partial charge in [-0.1, -0.05) is 58.0 Å². The summed E-state index contributed by atoms with van der Waals surface area (Å²) < 4.78 is 28.1. The Morgan fingerprint density at radius 3 is 2.22 bits per heavy atom. The van der Waals surface area contributed by atoms with Crippen LogP contribution in [0.1, 0.15) is 12.8 Å². The summed E-state index contributed by atoms with van der Waals surface area (Å²) in [7, 11) is -3.55. The van der Waals surface area contributed by atoms with E-state index >= 15 is 0 Å². The van der Waals surface area contributed by atoms with Crippen LogP contribution in [-0.2, 0) is 14.8 Å². The molecule has 1 fully saturated rings. The quantitative estimate of drug-likeness (QED) is 0.447. The molecule has 1 heterocycles. The lowest BCUT2D eigenvalue weighted by atomic mass is 9.97. The highest BCUT2D eigenvalue weighted by atomic mass is 79.9. The third-order valence-electron chi connectivity index (χ3n) is 5.39. The second kappa shape index (κ2) is 10.2. The first kappa shape index (κ1) is 23.0. The molecule has 1 aliphatic rings. The maximum Gasteiger partial charge on any atom is 0.243 e. The van der Waals surface area contributed by atoms with Gasteiger partial charge >= 0.3 is 0 Å². The molecule has 0 spiro atoms. The summed E-state index contributed by atoms with van der Waals surface area (Å²) in [5.41, 5.74) is 0.774. The van der Waals surface area contributed by atoms with E-state index in [-0.39, 0.29) is 16.7 Å². The van der Waals surface area contributed by atoms with Crippen LogP contribution in [0.4, 0.5) is 5.69 Å². The van der Waals surface area contributed by atoms with Gasteiger partial charge in [-0.3, -0.25) is 4.79 Å². The predicted octanol–water partition coefficient (Wildman–Crippen LogP) is 5.64. The standard InChI is InChI=1S/C24H23BrN2O3S2/c25-19-10-12-21(13-11-19)32(29,30)27-16-14-18(15-17-27)24(28)26-22-8-4-5-9-23(22)31-20-6-2-1-3-7-20/h1-13,18H,14-17H2,(H,26,28). The minimum atomic E-state index is -3.55. The van der Waals surface area contributed by atoms with Crippen LogP contribution >= 0.6 is 27.7 Å². The summed E-state index contributed by atoms with van der Waals surface area (Å²) in [6.45, 7) is 0.661. The molecule has 0 radical (unpaired) electrons. The van der Waals surface area contributed by atoms with Gasteiger partial charge in [0.1, 0.15) is 0 Å². The van der Waals surface area contributed by atoms with Gasteiger partial charge in [0.2, 0.25) is 15.9 Å². The molecule has 1 amide bonds. The van der Waals surface area contributed by atoms with Crippen LogP contribution in [0.25, 0.3) is 0 Å². The molecule has 1 N–H and O–H groups in total. The van der Waals surface area contributed by atoms with Crippen LogP contribution < -0.4 is 5.32 Å². The molecular formula is C24H23BrN2O3S2. The molecule has 8 heteroatoms. The van der Waals surface area contributed by atoms with Crippen LogP contribution in [0, 0.1) is 5.92 Å². The summed E-state index contributed by atoms with van der Waals surface area (Å²) in [6, 6.07) is 24.4. The number of para-hydroxylation sites is 1. The largest absolute Gasteiger partial charge is 0.325 e. The van der Waals surface area contributed by atoms with E-state index < -0.39 is 10.0 Å². The van der Waals surface area contributed by atoms with Gasteiger partial charge in [0.05, 0.1) is 10.6 Å². The Kier molecular flexibility index (Phi) is 7.35. The van der Waals surface area contributed by atoms with Crippen molar-refractivity contribution in [1.29, 1.82) is 0 Å². The number of hydrogen-bond donors (Lipinski definition) is 1. The van der Waals surface area contributed by atoms with Gasteiger partial charge in [-0.25, -0.2) is 8.42 Å². The van der Waals surface area contributed by atoms with E-state index in [1.807, 2.05) is 54.6 Å². The maximum atomic E-state index is 12.9. The number of sulfonamides is 1. The molecule has 0 unspecified atom stereocenters. The third-order valence-corrected chi connectivity index (χ3v) is 8.92. The Labute approximate surface area is 201 Å². The Bertz CT molecular complexity index is 1180. The van der Waals surface area contributed by atoms with E-state index in [9.17, 15) is 13.2 Å². The predicted molar refractivity (Wildman–Crippen MR) is 131 cm³/mol. The SMILES string of the molecule is O=C(Nc1ccccc1Sc1ccccc1)C1CCN(S(=O)(=O)c2ccc(Br)cc2)CC1. The van der Waals surface area contributed by atoms with Crippen molar-refractivity contribution in [3.05, 3.63) is 83.3 Å². The topological polar surface area (TPSA) is 66.5 Å². The number of nitrogens with one attached hydrogen (secondary N) is 1. The van der Waals surface area contributed by atoms with Crippen molar-refractivity contribution in [2.24, 2.45) is 5.92 Å². The van der Waals surface area contributed by atoms with Crippen molar-refractivity contribution in [3.63, 3.8) is 0 Å². The number of carbonyl (C=O) groups excluding carboxylic acids is 1. The molecule has 0 saturated carbocycles. The van der Waals surface area contributed by atoms with Crippen molar-refractivity contribution in [3.8, 4) is 0 Å².